The summed E-state index contributed by atoms with van der Waals surface area (Å²) < 4.78 is 0. The van der Waals surface area contributed by atoms with E-state index in [0.717, 1.165) is 0 Å². The molecule has 0 fully saturated rings. The molecule has 0 amide bonds. The summed E-state index contributed by atoms with van der Waals surface area (Å²) in [5.41, 5.74) is 5.12. The molecule has 4 N–H and O–H groups in total. The van der Waals surface area contributed by atoms with Crippen molar-refractivity contribution >= 4 is 35.5 Å². The fourth-order valence-electron chi connectivity index (χ4n) is 0.387. The Morgan fingerprint density at radius 2 is 2.18 bits per heavy atom. The maximum Gasteiger partial charge on any atom is 0.320 e. The van der Waals surface area contributed by atoms with Crippen molar-refractivity contribution in [2.45, 2.75) is 13.0 Å². The topological polar surface area (TPSA) is 75.3 Å². The van der Waals surface area contributed by atoms with E-state index in [9.17, 15) is 4.79 Å². The van der Waals surface area contributed by atoms with Gasteiger partial charge in [-0.05, 0) is 6.92 Å². The van der Waals surface area contributed by atoms with E-state index >= 15 is 0 Å². The first-order valence-electron chi connectivity index (χ1n) is 2.84. The molecule has 0 saturated heterocycles. The number of carboxylic acid groups (broad SMARTS) is 1. The van der Waals surface area contributed by atoms with Crippen LogP contribution in [0.2, 0.25) is 0 Å². The van der Waals surface area contributed by atoms with Crippen molar-refractivity contribution in [3.63, 3.8) is 0 Å². The van der Waals surface area contributed by atoms with Gasteiger partial charge in [0, 0.05) is 62.1 Å². The van der Waals surface area contributed by atoms with Crippen LogP contribution in [0, 0.1) is 0 Å². The zero-order valence-electron chi connectivity index (χ0n) is 7.13. The maximum atomic E-state index is 10.1. The Hall–Kier alpha value is 1.01. The molecule has 57 valence electrons. The summed E-state index contributed by atoms with van der Waals surface area (Å²) in [7, 11) is 0. The Morgan fingerprint density at radius 1 is 1.73 bits per heavy atom. The van der Waals surface area contributed by atoms with E-state index < -0.39 is 12.0 Å². The Balaban J connectivity index is -0.000000320. The summed E-state index contributed by atoms with van der Waals surface area (Å²) in [6.07, 6.45) is 0. The fraction of sp³-hybridized carbons (Fsp3) is 0.800. The molecule has 11 heavy (non-hydrogen) atoms. The summed E-state index contributed by atoms with van der Waals surface area (Å²) in [6.45, 7) is 2.60. The quantitative estimate of drug-likeness (QED) is 0.511. The molecule has 1 unspecified atom stereocenters. The van der Waals surface area contributed by atoms with Crippen LogP contribution in [0.4, 0.5) is 0 Å². The molecule has 0 aliphatic rings. The van der Waals surface area contributed by atoms with Gasteiger partial charge in [0.2, 0.25) is 0 Å². The number of carboxylic acids is 1. The van der Waals surface area contributed by atoms with Crippen LogP contribution < -0.4 is 11.1 Å². The molecule has 4 nitrogen and oxygen atoms in total. The number of hydrogen-bond donors (Lipinski definition) is 3. The molecule has 1 atom stereocenters. The van der Waals surface area contributed by atoms with Crippen molar-refractivity contribution in [1.82, 2.24) is 5.32 Å². The Labute approximate surface area is 101 Å². The molecule has 0 heterocycles. The zero-order chi connectivity index (χ0) is 7.28. The second kappa shape index (κ2) is 11.0. The van der Waals surface area contributed by atoms with Crippen molar-refractivity contribution in [1.29, 1.82) is 0 Å². The zero-order valence-corrected chi connectivity index (χ0v) is 12.1. The van der Waals surface area contributed by atoms with Gasteiger partial charge in [0.1, 0.15) is 6.04 Å². The molecule has 0 bridgehead atoms. The van der Waals surface area contributed by atoms with Crippen LogP contribution >= 0.6 is 0 Å². The van der Waals surface area contributed by atoms with E-state index in [0.29, 0.717) is 13.1 Å². The summed E-state index contributed by atoms with van der Waals surface area (Å²) >= 11 is 0. The van der Waals surface area contributed by atoms with Crippen LogP contribution in [0.1, 0.15) is 6.92 Å². The SMILES string of the molecule is CC(NCCN)C(=O)O.[Na].[Zn]. The van der Waals surface area contributed by atoms with Crippen LogP contribution in [-0.4, -0.2) is 59.8 Å². The number of aliphatic carboxylic acids is 1. The second-order valence-electron chi connectivity index (χ2n) is 1.80. The molecular formula is C5H12N2NaO2Zn. The van der Waals surface area contributed by atoms with Gasteiger partial charge < -0.3 is 16.2 Å². The number of nitrogens with two attached hydrogens (primary N) is 1. The van der Waals surface area contributed by atoms with Crippen LogP contribution in [-0.2, 0) is 24.3 Å². The summed E-state index contributed by atoms with van der Waals surface area (Å²) in [5, 5.41) is 11.0. The average molecular weight is 221 g/mol. The van der Waals surface area contributed by atoms with Gasteiger partial charge in [-0.15, -0.1) is 0 Å². The number of hydrogen-bond acceptors (Lipinski definition) is 3. The van der Waals surface area contributed by atoms with Gasteiger partial charge in [0.25, 0.3) is 0 Å². The molecule has 0 aliphatic carbocycles. The first-order valence-corrected chi connectivity index (χ1v) is 2.84. The van der Waals surface area contributed by atoms with Gasteiger partial charge in [-0.1, -0.05) is 0 Å². The molecule has 0 aromatic heterocycles. The van der Waals surface area contributed by atoms with Gasteiger partial charge in [-0.25, -0.2) is 0 Å². The predicted octanol–water partition coefficient (Wildman–Crippen LogP) is -1.38. The van der Waals surface area contributed by atoms with E-state index in [1.165, 1.54) is 0 Å². The molecule has 0 spiro atoms. The Bertz CT molecular complexity index is 104. The Kier molecular flexibility index (Phi) is 18.0. The molecule has 0 aliphatic heterocycles. The van der Waals surface area contributed by atoms with Gasteiger partial charge in [0.15, 0.2) is 0 Å². The minimum atomic E-state index is -0.844. The molecule has 0 saturated carbocycles. The van der Waals surface area contributed by atoms with Crippen LogP contribution in [0.3, 0.4) is 0 Å². The number of carbonyl (C=O) groups is 1. The van der Waals surface area contributed by atoms with E-state index in [-0.39, 0.29) is 49.0 Å². The van der Waals surface area contributed by atoms with E-state index in [2.05, 4.69) is 5.32 Å². The normalized spacial score (nSPS) is 10.7. The van der Waals surface area contributed by atoms with Crippen molar-refractivity contribution < 1.29 is 29.4 Å². The monoisotopic (exact) mass is 219 g/mol. The first kappa shape index (κ1) is 17.9. The van der Waals surface area contributed by atoms with Crippen molar-refractivity contribution in [3.8, 4) is 0 Å². The third kappa shape index (κ3) is 11.0. The van der Waals surface area contributed by atoms with Crippen LogP contribution in [0.5, 0.6) is 0 Å². The molecule has 1 radical (unpaired) electrons. The first-order chi connectivity index (χ1) is 4.18. The minimum absolute atomic E-state index is 0. The molecule has 0 rings (SSSR count). The summed E-state index contributed by atoms with van der Waals surface area (Å²) in [4.78, 5) is 10.1. The molecule has 6 heteroatoms. The summed E-state index contributed by atoms with van der Waals surface area (Å²) in [5.74, 6) is -0.844. The van der Waals surface area contributed by atoms with Crippen molar-refractivity contribution in [2.24, 2.45) is 5.73 Å². The summed E-state index contributed by atoms with van der Waals surface area (Å²) in [6, 6.07) is -0.492. The van der Waals surface area contributed by atoms with Crippen molar-refractivity contribution in [3.05, 3.63) is 0 Å². The van der Waals surface area contributed by atoms with Gasteiger partial charge >= 0.3 is 5.97 Å². The largest absolute Gasteiger partial charge is 0.480 e. The van der Waals surface area contributed by atoms with Crippen molar-refractivity contribution in [2.75, 3.05) is 13.1 Å². The molecular weight excluding hydrogens is 208 g/mol. The Morgan fingerprint density at radius 3 is 2.45 bits per heavy atom. The second-order valence-corrected chi connectivity index (χ2v) is 1.80. The standard InChI is InChI=1S/C5H12N2O2.Na.Zn/c1-4(5(8)9)7-3-2-6;;/h4,7H,2-3,6H2,1H3,(H,8,9);;. The maximum absolute atomic E-state index is 10.1. The van der Waals surface area contributed by atoms with Crippen LogP contribution in [0.15, 0.2) is 0 Å². The average Bonchev–Trinajstić information content (AvgIpc) is 1.82. The van der Waals surface area contributed by atoms with E-state index in [4.69, 9.17) is 10.8 Å². The fourth-order valence-corrected chi connectivity index (χ4v) is 0.387. The third-order valence-corrected chi connectivity index (χ3v) is 0.965. The number of nitrogens with one attached hydrogen (secondary N) is 1. The van der Waals surface area contributed by atoms with Gasteiger partial charge in [0.05, 0.1) is 0 Å². The van der Waals surface area contributed by atoms with Gasteiger partial charge in [-0.2, -0.15) is 0 Å². The third-order valence-electron chi connectivity index (χ3n) is 0.965. The molecule has 0 aromatic carbocycles. The smallest absolute Gasteiger partial charge is 0.320 e. The van der Waals surface area contributed by atoms with E-state index in [1.54, 1.807) is 6.92 Å². The molecule has 0 aromatic rings. The van der Waals surface area contributed by atoms with Crippen LogP contribution in [0.25, 0.3) is 0 Å². The van der Waals surface area contributed by atoms with E-state index in [1.807, 2.05) is 0 Å². The minimum Gasteiger partial charge on any atom is -0.480 e. The number of rotatable bonds is 4. The predicted molar refractivity (Wildman–Crippen MR) is 39.9 cm³/mol. The van der Waals surface area contributed by atoms with Gasteiger partial charge in [-0.3, -0.25) is 4.79 Å².